The van der Waals surface area contributed by atoms with Crippen LogP contribution in [-0.4, -0.2) is 48.8 Å². The summed E-state index contributed by atoms with van der Waals surface area (Å²) in [6, 6.07) is 7.99. The van der Waals surface area contributed by atoms with Crippen molar-refractivity contribution in [1.82, 2.24) is 10.2 Å². The highest BCUT2D eigenvalue weighted by Gasteiger charge is 2.23. The SMILES string of the molecule is COCc1ccccc1CNC(=O)CN1CCC([C@H](C)O)CC1. The topological polar surface area (TPSA) is 61.8 Å². The highest BCUT2D eigenvalue weighted by Crippen LogP contribution is 2.20. The predicted octanol–water partition coefficient (Wildman–Crippen LogP) is 1.54. The first-order valence-electron chi connectivity index (χ1n) is 8.33. The molecular formula is C18H28N2O3. The molecule has 0 bridgehead atoms. The van der Waals surface area contributed by atoms with E-state index < -0.39 is 0 Å². The molecule has 1 saturated heterocycles. The first-order chi connectivity index (χ1) is 11.1. The normalized spacial score (nSPS) is 17.9. The molecule has 1 amide bonds. The van der Waals surface area contributed by atoms with Crippen molar-refractivity contribution in [2.24, 2.45) is 5.92 Å². The number of benzene rings is 1. The Hall–Kier alpha value is -1.43. The van der Waals surface area contributed by atoms with Gasteiger partial charge in [0.1, 0.15) is 0 Å². The molecule has 1 aliphatic rings. The summed E-state index contributed by atoms with van der Waals surface area (Å²) in [7, 11) is 1.67. The molecule has 1 fully saturated rings. The van der Waals surface area contributed by atoms with Crippen molar-refractivity contribution in [3.63, 3.8) is 0 Å². The van der Waals surface area contributed by atoms with E-state index in [9.17, 15) is 9.90 Å². The maximum Gasteiger partial charge on any atom is 0.234 e. The average Bonchev–Trinajstić information content (AvgIpc) is 2.55. The van der Waals surface area contributed by atoms with E-state index in [0.717, 1.165) is 37.1 Å². The largest absolute Gasteiger partial charge is 0.393 e. The minimum atomic E-state index is -0.247. The first kappa shape index (κ1) is 17.9. The lowest BCUT2D eigenvalue weighted by atomic mass is 9.92. The standard InChI is InChI=1S/C18H28N2O3/c1-14(21)15-7-9-20(10-8-15)12-18(22)19-11-16-5-3-4-6-17(16)13-23-2/h3-6,14-15,21H,7-13H2,1-2H3,(H,19,22)/t14-/m0/s1. The quantitative estimate of drug-likeness (QED) is 0.800. The van der Waals surface area contributed by atoms with Gasteiger partial charge in [-0.3, -0.25) is 9.69 Å². The Bertz CT molecular complexity index is 497. The van der Waals surface area contributed by atoms with Gasteiger partial charge in [-0.05, 0) is 49.9 Å². The molecule has 23 heavy (non-hydrogen) atoms. The van der Waals surface area contributed by atoms with Gasteiger partial charge in [0, 0.05) is 13.7 Å². The van der Waals surface area contributed by atoms with E-state index in [2.05, 4.69) is 10.2 Å². The van der Waals surface area contributed by atoms with Crippen molar-refractivity contribution in [2.75, 3.05) is 26.7 Å². The molecule has 1 atom stereocenters. The number of aliphatic hydroxyl groups is 1. The second kappa shape index (κ2) is 9.01. The van der Waals surface area contributed by atoms with Gasteiger partial charge in [-0.1, -0.05) is 24.3 Å². The van der Waals surface area contributed by atoms with Crippen molar-refractivity contribution in [3.05, 3.63) is 35.4 Å². The number of hydrogen-bond acceptors (Lipinski definition) is 4. The maximum absolute atomic E-state index is 12.1. The zero-order valence-electron chi connectivity index (χ0n) is 14.1. The number of piperidine rings is 1. The summed E-state index contributed by atoms with van der Waals surface area (Å²) in [6.45, 7) is 5.12. The molecule has 128 valence electrons. The van der Waals surface area contributed by atoms with Crippen LogP contribution in [0, 0.1) is 5.92 Å². The van der Waals surface area contributed by atoms with Crippen LogP contribution in [0.25, 0.3) is 0 Å². The number of likely N-dealkylation sites (tertiary alicyclic amines) is 1. The molecule has 2 rings (SSSR count). The Labute approximate surface area is 138 Å². The summed E-state index contributed by atoms with van der Waals surface area (Å²) in [6.07, 6.45) is 1.67. The highest BCUT2D eigenvalue weighted by molar-refractivity contribution is 5.78. The van der Waals surface area contributed by atoms with Crippen LogP contribution in [0.15, 0.2) is 24.3 Å². The monoisotopic (exact) mass is 320 g/mol. The highest BCUT2D eigenvalue weighted by atomic mass is 16.5. The maximum atomic E-state index is 12.1. The van der Waals surface area contributed by atoms with E-state index in [-0.39, 0.29) is 12.0 Å². The molecule has 1 aliphatic heterocycles. The van der Waals surface area contributed by atoms with Crippen LogP contribution in [0.3, 0.4) is 0 Å². The van der Waals surface area contributed by atoms with Crippen molar-refractivity contribution in [3.8, 4) is 0 Å². The molecule has 2 N–H and O–H groups in total. The molecule has 1 aromatic carbocycles. The fourth-order valence-electron chi connectivity index (χ4n) is 3.07. The van der Waals surface area contributed by atoms with Crippen molar-refractivity contribution in [2.45, 2.75) is 39.0 Å². The zero-order valence-corrected chi connectivity index (χ0v) is 14.1. The minimum Gasteiger partial charge on any atom is -0.393 e. The number of nitrogens with zero attached hydrogens (tertiary/aromatic N) is 1. The summed E-state index contributed by atoms with van der Waals surface area (Å²) in [4.78, 5) is 14.3. The van der Waals surface area contributed by atoms with Gasteiger partial charge in [0.2, 0.25) is 5.91 Å². The van der Waals surface area contributed by atoms with Crippen LogP contribution >= 0.6 is 0 Å². The first-order valence-corrected chi connectivity index (χ1v) is 8.33. The van der Waals surface area contributed by atoms with Gasteiger partial charge in [-0.25, -0.2) is 0 Å². The number of carbonyl (C=O) groups excluding carboxylic acids is 1. The molecule has 0 unspecified atom stereocenters. The second-order valence-corrected chi connectivity index (χ2v) is 6.33. The molecule has 0 spiro atoms. The number of nitrogens with one attached hydrogen (secondary N) is 1. The van der Waals surface area contributed by atoms with E-state index in [1.54, 1.807) is 7.11 Å². The third kappa shape index (κ3) is 5.61. The molecular weight excluding hydrogens is 292 g/mol. The number of rotatable bonds is 7. The molecule has 1 heterocycles. The minimum absolute atomic E-state index is 0.0488. The summed E-state index contributed by atoms with van der Waals surface area (Å²) in [5.41, 5.74) is 2.20. The fourth-order valence-corrected chi connectivity index (χ4v) is 3.07. The lowest BCUT2D eigenvalue weighted by Gasteiger charge is -2.32. The molecule has 1 aromatic rings. The van der Waals surface area contributed by atoms with Gasteiger partial charge in [-0.15, -0.1) is 0 Å². The van der Waals surface area contributed by atoms with E-state index in [4.69, 9.17) is 4.74 Å². The van der Waals surface area contributed by atoms with Gasteiger partial charge in [0.05, 0.1) is 19.3 Å². The summed E-state index contributed by atoms with van der Waals surface area (Å²) >= 11 is 0. The number of amides is 1. The lowest BCUT2D eigenvalue weighted by molar-refractivity contribution is -0.122. The second-order valence-electron chi connectivity index (χ2n) is 6.33. The number of methoxy groups -OCH3 is 1. The van der Waals surface area contributed by atoms with Gasteiger partial charge in [0.15, 0.2) is 0 Å². The third-order valence-corrected chi connectivity index (χ3v) is 4.58. The van der Waals surface area contributed by atoms with Gasteiger partial charge < -0.3 is 15.2 Å². The summed E-state index contributed by atoms with van der Waals surface area (Å²) in [5.74, 6) is 0.419. The lowest BCUT2D eigenvalue weighted by Crippen LogP contribution is -2.42. The van der Waals surface area contributed by atoms with Gasteiger partial charge in [-0.2, -0.15) is 0 Å². The Kier molecular flexibility index (Phi) is 7.02. The smallest absolute Gasteiger partial charge is 0.234 e. The number of aliphatic hydroxyl groups excluding tert-OH is 1. The van der Waals surface area contributed by atoms with Crippen LogP contribution in [0.5, 0.6) is 0 Å². The van der Waals surface area contributed by atoms with Crippen molar-refractivity contribution in [1.29, 1.82) is 0 Å². The fraction of sp³-hybridized carbons (Fsp3) is 0.611. The zero-order chi connectivity index (χ0) is 16.7. The number of carbonyl (C=O) groups is 1. The molecule has 0 saturated carbocycles. The van der Waals surface area contributed by atoms with Crippen LogP contribution in [0.1, 0.15) is 30.9 Å². The van der Waals surface area contributed by atoms with E-state index in [1.807, 2.05) is 31.2 Å². The van der Waals surface area contributed by atoms with E-state index >= 15 is 0 Å². The van der Waals surface area contributed by atoms with Crippen molar-refractivity contribution >= 4 is 5.91 Å². The van der Waals surface area contributed by atoms with Gasteiger partial charge >= 0.3 is 0 Å². The number of hydrogen-bond donors (Lipinski definition) is 2. The van der Waals surface area contributed by atoms with E-state index in [0.29, 0.717) is 25.6 Å². The Morgan fingerprint density at radius 3 is 2.61 bits per heavy atom. The Morgan fingerprint density at radius 1 is 1.35 bits per heavy atom. The predicted molar refractivity (Wildman–Crippen MR) is 89.8 cm³/mol. The number of ether oxygens (including phenoxy) is 1. The van der Waals surface area contributed by atoms with Crippen LogP contribution in [0.2, 0.25) is 0 Å². The molecule has 5 heteroatoms. The van der Waals surface area contributed by atoms with Crippen LogP contribution in [-0.2, 0) is 22.7 Å². The molecule has 5 nitrogen and oxygen atoms in total. The van der Waals surface area contributed by atoms with Crippen LogP contribution in [0.4, 0.5) is 0 Å². The summed E-state index contributed by atoms with van der Waals surface area (Å²) < 4.78 is 5.18. The molecule has 0 radical (unpaired) electrons. The van der Waals surface area contributed by atoms with E-state index in [1.165, 1.54) is 0 Å². The van der Waals surface area contributed by atoms with Gasteiger partial charge in [0.25, 0.3) is 0 Å². The Morgan fingerprint density at radius 2 is 2.00 bits per heavy atom. The molecule has 0 aromatic heterocycles. The third-order valence-electron chi connectivity index (χ3n) is 4.58. The molecule has 0 aliphatic carbocycles. The van der Waals surface area contributed by atoms with Crippen LogP contribution < -0.4 is 5.32 Å². The summed E-state index contributed by atoms with van der Waals surface area (Å²) in [5, 5.41) is 12.6. The average molecular weight is 320 g/mol. The Balaban J connectivity index is 1.76. The van der Waals surface area contributed by atoms with Crippen molar-refractivity contribution < 1.29 is 14.6 Å².